The molecule has 0 aliphatic carbocycles. The lowest BCUT2D eigenvalue weighted by Gasteiger charge is -2.15. The molecule has 5 nitrogen and oxygen atoms in total. The van der Waals surface area contributed by atoms with Gasteiger partial charge in [0.15, 0.2) is 11.5 Å². The van der Waals surface area contributed by atoms with Crippen molar-refractivity contribution in [3.63, 3.8) is 0 Å². The molecule has 0 aliphatic rings. The standard InChI is InChI=1S/C18H12F6N4O/c1-29-13-5-4-11(17(19,20)21)7-12(13)26-15-8-14(18(22,23)24)27-16(28-15)10-3-2-6-25-9-10/h2-9H,1H3,(H,26,27,28). The molecular weight excluding hydrogens is 402 g/mol. The van der Waals surface area contributed by atoms with E-state index in [0.29, 0.717) is 6.07 Å². The molecule has 2 aromatic heterocycles. The van der Waals surface area contributed by atoms with Gasteiger partial charge in [0.1, 0.15) is 11.6 Å². The number of nitrogens with one attached hydrogen (secondary N) is 1. The minimum Gasteiger partial charge on any atom is -0.495 e. The second-order valence-corrected chi connectivity index (χ2v) is 5.74. The van der Waals surface area contributed by atoms with E-state index >= 15 is 0 Å². The molecule has 2 heterocycles. The second-order valence-electron chi connectivity index (χ2n) is 5.74. The molecule has 0 fully saturated rings. The van der Waals surface area contributed by atoms with Gasteiger partial charge >= 0.3 is 12.4 Å². The largest absolute Gasteiger partial charge is 0.495 e. The summed E-state index contributed by atoms with van der Waals surface area (Å²) < 4.78 is 83.8. The van der Waals surface area contributed by atoms with Gasteiger partial charge in [0.05, 0.1) is 18.4 Å². The number of alkyl halides is 6. The van der Waals surface area contributed by atoms with Crippen molar-refractivity contribution in [1.82, 2.24) is 15.0 Å². The zero-order valence-electron chi connectivity index (χ0n) is 14.6. The summed E-state index contributed by atoms with van der Waals surface area (Å²) in [7, 11) is 1.22. The predicted octanol–water partition coefficient (Wildman–Crippen LogP) is 5.33. The van der Waals surface area contributed by atoms with E-state index < -0.39 is 23.6 Å². The zero-order chi connectivity index (χ0) is 21.2. The number of nitrogens with zero attached hydrogens (tertiary/aromatic N) is 3. The maximum Gasteiger partial charge on any atom is 0.433 e. The SMILES string of the molecule is COc1ccc(C(F)(F)F)cc1Nc1cc(C(F)(F)F)nc(-c2cccnc2)n1. The Morgan fingerprint density at radius 2 is 1.69 bits per heavy atom. The number of benzene rings is 1. The molecule has 0 aliphatic heterocycles. The molecule has 11 heteroatoms. The molecule has 0 atom stereocenters. The van der Waals surface area contributed by atoms with Crippen molar-refractivity contribution in [2.75, 3.05) is 12.4 Å². The van der Waals surface area contributed by atoms with E-state index in [-0.39, 0.29) is 28.6 Å². The fourth-order valence-corrected chi connectivity index (χ4v) is 2.40. The van der Waals surface area contributed by atoms with Crippen LogP contribution in [0.2, 0.25) is 0 Å². The molecule has 0 unspecified atom stereocenters. The predicted molar refractivity (Wildman–Crippen MR) is 91.5 cm³/mol. The monoisotopic (exact) mass is 414 g/mol. The van der Waals surface area contributed by atoms with Gasteiger partial charge in [0.2, 0.25) is 0 Å². The van der Waals surface area contributed by atoms with Crippen LogP contribution >= 0.6 is 0 Å². The van der Waals surface area contributed by atoms with Crippen molar-refractivity contribution in [2.24, 2.45) is 0 Å². The van der Waals surface area contributed by atoms with Crippen LogP contribution in [0.25, 0.3) is 11.4 Å². The van der Waals surface area contributed by atoms with Crippen LogP contribution in [0.15, 0.2) is 48.8 Å². The van der Waals surface area contributed by atoms with E-state index in [2.05, 4.69) is 20.3 Å². The van der Waals surface area contributed by atoms with Crippen molar-refractivity contribution in [1.29, 1.82) is 0 Å². The molecule has 0 amide bonds. The van der Waals surface area contributed by atoms with Gasteiger partial charge in [-0.2, -0.15) is 26.3 Å². The molecule has 0 radical (unpaired) electrons. The Labute approximate surface area is 160 Å². The average molecular weight is 414 g/mol. The summed E-state index contributed by atoms with van der Waals surface area (Å²) in [6.07, 6.45) is -6.76. The van der Waals surface area contributed by atoms with Gasteiger partial charge in [-0.15, -0.1) is 0 Å². The molecule has 152 valence electrons. The molecular formula is C18H12F6N4O. The highest BCUT2D eigenvalue weighted by Crippen LogP contribution is 2.37. The highest BCUT2D eigenvalue weighted by Gasteiger charge is 2.34. The first-order valence-corrected chi connectivity index (χ1v) is 7.97. The minimum atomic E-state index is -4.80. The first-order chi connectivity index (χ1) is 13.6. The smallest absolute Gasteiger partial charge is 0.433 e. The Morgan fingerprint density at radius 1 is 0.931 bits per heavy atom. The van der Waals surface area contributed by atoms with Crippen LogP contribution in [0.3, 0.4) is 0 Å². The Bertz CT molecular complexity index is 1010. The maximum absolute atomic E-state index is 13.3. The van der Waals surface area contributed by atoms with E-state index in [0.717, 1.165) is 18.2 Å². The number of methoxy groups -OCH3 is 1. The molecule has 3 rings (SSSR count). The number of ether oxygens (including phenoxy) is 1. The number of hydrogen-bond donors (Lipinski definition) is 1. The van der Waals surface area contributed by atoms with Crippen LogP contribution in [-0.4, -0.2) is 22.1 Å². The summed E-state index contributed by atoms with van der Waals surface area (Å²) in [6, 6.07) is 6.11. The molecule has 0 bridgehead atoms. The fraction of sp³-hybridized carbons (Fsp3) is 0.167. The van der Waals surface area contributed by atoms with Crippen LogP contribution in [0.4, 0.5) is 37.8 Å². The highest BCUT2D eigenvalue weighted by molar-refractivity contribution is 5.67. The van der Waals surface area contributed by atoms with Crippen molar-refractivity contribution >= 4 is 11.5 Å². The summed E-state index contributed by atoms with van der Waals surface area (Å²) in [5, 5.41) is 2.46. The van der Waals surface area contributed by atoms with Crippen molar-refractivity contribution in [3.05, 3.63) is 60.0 Å². The van der Waals surface area contributed by atoms with Crippen LogP contribution in [0.5, 0.6) is 5.75 Å². The number of aromatic nitrogens is 3. The van der Waals surface area contributed by atoms with E-state index in [1.807, 2.05) is 0 Å². The first-order valence-electron chi connectivity index (χ1n) is 7.97. The lowest BCUT2D eigenvalue weighted by atomic mass is 10.1. The number of rotatable bonds is 4. The van der Waals surface area contributed by atoms with Gasteiger partial charge in [-0.3, -0.25) is 4.98 Å². The highest BCUT2D eigenvalue weighted by atomic mass is 19.4. The van der Waals surface area contributed by atoms with Gasteiger partial charge < -0.3 is 10.1 Å². The lowest BCUT2D eigenvalue weighted by Crippen LogP contribution is -2.11. The molecule has 3 aromatic rings. The third-order valence-electron chi connectivity index (χ3n) is 3.73. The van der Waals surface area contributed by atoms with Gasteiger partial charge in [-0.25, -0.2) is 9.97 Å². The maximum atomic E-state index is 13.3. The number of halogens is 6. The van der Waals surface area contributed by atoms with Crippen LogP contribution < -0.4 is 10.1 Å². The zero-order valence-corrected chi connectivity index (χ0v) is 14.6. The van der Waals surface area contributed by atoms with Crippen molar-refractivity contribution in [2.45, 2.75) is 12.4 Å². The van der Waals surface area contributed by atoms with E-state index in [1.54, 1.807) is 0 Å². The molecule has 0 spiro atoms. The molecule has 0 saturated carbocycles. The Morgan fingerprint density at radius 3 is 2.28 bits per heavy atom. The van der Waals surface area contributed by atoms with Crippen LogP contribution in [0.1, 0.15) is 11.3 Å². The molecule has 1 N–H and O–H groups in total. The van der Waals surface area contributed by atoms with Crippen LogP contribution in [0, 0.1) is 0 Å². The van der Waals surface area contributed by atoms with Gasteiger partial charge in [0, 0.05) is 24.0 Å². The summed E-state index contributed by atoms with van der Waals surface area (Å²) >= 11 is 0. The Balaban J connectivity index is 2.09. The quantitative estimate of drug-likeness (QED) is 0.585. The van der Waals surface area contributed by atoms with Crippen molar-refractivity contribution < 1.29 is 31.1 Å². The number of pyridine rings is 1. The van der Waals surface area contributed by atoms with E-state index in [1.165, 1.54) is 31.6 Å². The van der Waals surface area contributed by atoms with Gasteiger partial charge in [-0.05, 0) is 30.3 Å². The van der Waals surface area contributed by atoms with E-state index in [9.17, 15) is 26.3 Å². The van der Waals surface area contributed by atoms with E-state index in [4.69, 9.17) is 4.74 Å². The molecule has 1 aromatic carbocycles. The number of anilines is 2. The summed E-state index contributed by atoms with van der Waals surface area (Å²) in [5.41, 5.74) is -2.26. The molecule has 0 saturated heterocycles. The third-order valence-corrected chi connectivity index (χ3v) is 3.73. The average Bonchev–Trinajstić information content (AvgIpc) is 2.67. The Kier molecular flexibility index (Phi) is 5.31. The summed E-state index contributed by atoms with van der Waals surface area (Å²) in [5.74, 6) is -0.654. The van der Waals surface area contributed by atoms with Crippen LogP contribution in [-0.2, 0) is 12.4 Å². The Hall–Kier alpha value is -3.37. The number of hydrogen-bond acceptors (Lipinski definition) is 5. The second kappa shape index (κ2) is 7.57. The van der Waals surface area contributed by atoms with Gasteiger partial charge in [-0.1, -0.05) is 0 Å². The third kappa shape index (κ3) is 4.73. The topological polar surface area (TPSA) is 59.9 Å². The lowest BCUT2D eigenvalue weighted by molar-refractivity contribution is -0.141. The van der Waals surface area contributed by atoms with Crippen molar-refractivity contribution in [3.8, 4) is 17.1 Å². The first kappa shape index (κ1) is 20.4. The molecule has 29 heavy (non-hydrogen) atoms. The summed E-state index contributed by atoms with van der Waals surface area (Å²) in [4.78, 5) is 11.3. The fourth-order valence-electron chi connectivity index (χ4n) is 2.40. The minimum absolute atomic E-state index is 0.00639. The normalized spacial score (nSPS) is 12.0. The summed E-state index contributed by atoms with van der Waals surface area (Å²) in [6.45, 7) is 0. The van der Waals surface area contributed by atoms with Gasteiger partial charge in [0.25, 0.3) is 0 Å².